The van der Waals surface area contributed by atoms with Gasteiger partial charge in [0.05, 0.1) is 4.90 Å². The molecule has 1 aromatic rings. The molecule has 0 radical (unpaired) electrons. The average molecular weight is 380 g/mol. The summed E-state index contributed by atoms with van der Waals surface area (Å²) in [7, 11) is -1.52. The maximum atomic E-state index is 12.8. The second-order valence-corrected chi connectivity index (χ2v) is 9.43. The molecule has 1 aliphatic heterocycles. The molecular weight excluding hydrogens is 350 g/mol. The van der Waals surface area contributed by atoms with Gasteiger partial charge in [0.2, 0.25) is 15.9 Å². The summed E-state index contributed by atoms with van der Waals surface area (Å²) in [5.41, 5.74) is 0.556. The lowest BCUT2D eigenvalue weighted by molar-refractivity contribution is -0.117. The summed E-state index contributed by atoms with van der Waals surface area (Å²) in [6.45, 7) is 2.46. The summed E-state index contributed by atoms with van der Waals surface area (Å²) in [6, 6.07) is 6.62. The third kappa shape index (κ3) is 4.84. The van der Waals surface area contributed by atoms with Crippen LogP contribution in [0, 0.1) is 5.92 Å². The lowest BCUT2D eigenvalue weighted by Crippen LogP contribution is -2.47. The molecule has 2 fully saturated rings. The van der Waals surface area contributed by atoms with Crippen molar-refractivity contribution in [1.29, 1.82) is 0 Å². The van der Waals surface area contributed by atoms with Gasteiger partial charge >= 0.3 is 0 Å². The van der Waals surface area contributed by atoms with Crippen LogP contribution >= 0.6 is 0 Å². The van der Waals surface area contributed by atoms with E-state index in [9.17, 15) is 13.2 Å². The Bertz CT molecular complexity index is 721. The Morgan fingerprint density at radius 1 is 1.12 bits per heavy atom. The van der Waals surface area contributed by atoms with Crippen LogP contribution in [0.2, 0.25) is 0 Å². The van der Waals surface area contributed by atoms with Crippen molar-refractivity contribution in [1.82, 2.24) is 9.21 Å². The first-order chi connectivity index (χ1) is 12.4. The highest BCUT2D eigenvalue weighted by atomic mass is 32.2. The van der Waals surface area contributed by atoms with Gasteiger partial charge in [-0.15, -0.1) is 0 Å². The molecule has 2 aliphatic rings. The summed E-state index contributed by atoms with van der Waals surface area (Å²) in [4.78, 5) is 14.7. The quantitative estimate of drug-likeness (QED) is 0.853. The largest absolute Gasteiger partial charge is 0.326 e. The van der Waals surface area contributed by atoms with Gasteiger partial charge in [0, 0.05) is 38.3 Å². The van der Waals surface area contributed by atoms with E-state index in [-0.39, 0.29) is 10.8 Å². The number of carbonyl (C=O) groups excluding carboxylic acids is 1. The highest BCUT2D eigenvalue weighted by molar-refractivity contribution is 7.89. The zero-order valence-corrected chi connectivity index (χ0v) is 16.3. The van der Waals surface area contributed by atoms with E-state index in [1.807, 2.05) is 7.05 Å². The molecule has 1 saturated heterocycles. The Balaban J connectivity index is 1.64. The van der Waals surface area contributed by atoms with Crippen molar-refractivity contribution < 1.29 is 13.2 Å². The number of hydrogen-bond donors (Lipinski definition) is 1. The van der Waals surface area contributed by atoms with Crippen LogP contribution in [0.3, 0.4) is 0 Å². The van der Waals surface area contributed by atoms with Gasteiger partial charge in [0.25, 0.3) is 0 Å². The molecule has 1 saturated carbocycles. The molecule has 1 aromatic carbocycles. The number of sulfonamides is 1. The Morgan fingerprint density at radius 2 is 1.81 bits per heavy atom. The summed E-state index contributed by atoms with van der Waals surface area (Å²) in [5, 5.41) is 2.88. The van der Waals surface area contributed by atoms with Gasteiger partial charge in [0.1, 0.15) is 0 Å². The highest BCUT2D eigenvalue weighted by Crippen LogP contribution is 2.27. The third-order valence-electron chi connectivity index (χ3n) is 5.42. The molecule has 0 spiro atoms. The molecule has 0 aromatic heterocycles. The third-order valence-corrected chi connectivity index (χ3v) is 7.31. The maximum Gasteiger partial charge on any atom is 0.243 e. The number of anilines is 1. The molecule has 1 N–H and O–H groups in total. The number of nitrogens with one attached hydrogen (secondary N) is 1. The predicted octanol–water partition coefficient (Wildman–Crippen LogP) is 2.53. The van der Waals surface area contributed by atoms with E-state index in [1.165, 1.54) is 23.6 Å². The minimum absolute atomic E-state index is 0.0222. The molecule has 26 heavy (non-hydrogen) atoms. The molecule has 3 rings (SSSR count). The van der Waals surface area contributed by atoms with Gasteiger partial charge in [-0.3, -0.25) is 4.79 Å². The first-order valence-electron chi connectivity index (χ1n) is 9.54. The molecule has 1 aliphatic carbocycles. The number of benzene rings is 1. The van der Waals surface area contributed by atoms with Crippen LogP contribution in [-0.2, 0) is 14.8 Å². The van der Waals surface area contributed by atoms with Gasteiger partial charge in [-0.05, 0) is 44.0 Å². The fraction of sp³-hybridized carbons (Fsp3) is 0.632. The van der Waals surface area contributed by atoms with E-state index >= 15 is 0 Å². The summed E-state index contributed by atoms with van der Waals surface area (Å²) >= 11 is 0. The van der Waals surface area contributed by atoms with Crippen LogP contribution < -0.4 is 5.32 Å². The second kappa shape index (κ2) is 8.50. The normalized spacial score (nSPS) is 20.8. The number of hydrogen-bond acceptors (Lipinski definition) is 4. The van der Waals surface area contributed by atoms with Crippen LogP contribution in [0.5, 0.6) is 0 Å². The van der Waals surface area contributed by atoms with E-state index in [1.54, 1.807) is 24.3 Å². The summed E-state index contributed by atoms with van der Waals surface area (Å²) in [6.07, 6.45) is 6.43. The second-order valence-electron chi connectivity index (χ2n) is 7.49. The van der Waals surface area contributed by atoms with E-state index in [0.29, 0.717) is 31.1 Å². The molecule has 144 valence electrons. The molecule has 0 unspecified atom stereocenters. The topological polar surface area (TPSA) is 69.7 Å². The number of amides is 1. The van der Waals surface area contributed by atoms with Gasteiger partial charge in [-0.1, -0.05) is 25.3 Å². The predicted molar refractivity (Wildman–Crippen MR) is 103 cm³/mol. The van der Waals surface area contributed by atoms with Crippen molar-refractivity contribution in [2.45, 2.75) is 43.4 Å². The summed E-state index contributed by atoms with van der Waals surface area (Å²) in [5.74, 6) is 0.437. The first kappa shape index (κ1) is 19.3. The van der Waals surface area contributed by atoms with Crippen molar-refractivity contribution in [3.8, 4) is 0 Å². The SMILES string of the molecule is CN1CCN(S(=O)(=O)c2cccc(NC(=O)CC3CCCCC3)c2)CC1. The lowest BCUT2D eigenvalue weighted by Gasteiger charge is -2.31. The minimum Gasteiger partial charge on any atom is -0.326 e. The van der Waals surface area contributed by atoms with Gasteiger partial charge in [0.15, 0.2) is 0 Å². The van der Waals surface area contributed by atoms with Gasteiger partial charge in [-0.2, -0.15) is 4.31 Å². The van der Waals surface area contributed by atoms with E-state index < -0.39 is 10.0 Å². The fourth-order valence-corrected chi connectivity index (χ4v) is 5.25. The lowest BCUT2D eigenvalue weighted by atomic mass is 9.87. The molecule has 7 heteroatoms. The van der Waals surface area contributed by atoms with Crippen molar-refractivity contribution >= 4 is 21.6 Å². The Kier molecular flexibility index (Phi) is 6.32. The van der Waals surface area contributed by atoms with Crippen LogP contribution in [0.1, 0.15) is 38.5 Å². The Labute approximate surface area is 156 Å². The summed E-state index contributed by atoms with van der Waals surface area (Å²) < 4.78 is 27.2. The molecule has 0 atom stereocenters. The monoisotopic (exact) mass is 379 g/mol. The van der Waals surface area contributed by atoms with Crippen molar-refractivity contribution in [3.05, 3.63) is 24.3 Å². The standard InChI is InChI=1S/C19H29N3O3S/c1-21-10-12-22(13-11-21)26(24,25)18-9-5-8-17(15-18)20-19(23)14-16-6-3-2-4-7-16/h5,8-9,15-16H,2-4,6-7,10-14H2,1H3,(H,20,23). The van der Waals surface area contributed by atoms with E-state index in [2.05, 4.69) is 10.2 Å². The fourth-order valence-electron chi connectivity index (χ4n) is 3.78. The molecule has 1 heterocycles. The number of nitrogens with zero attached hydrogens (tertiary/aromatic N) is 2. The Morgan fingerprint density at radius 3 is 2.50 bits per heavy atom. The highest BCUT2D eigenvalue weighted by Gasteiger charge is 2.27. The zero-order valence-electron chi connectivity index (χ0n) is 15.5. The smallest absolute Gasteiger partial charge is 0.243 e. The molecule has 1 amide bonds. The van der Waals surface area contributed by atoms with Crippen LogP contribution in [0.4, 0.5) is 5.69 Å². The maximum absolute atomic E-state index is 12.8. The van der Waals surface area contributed by atoms with Crippen LogP contribution in [0.25, 0.3) is 0 Å². The van der Waals surface area contributed by atoms with Crippen molar-refractivity contribution in [2.75, 3.05) is 38.5 Å². The number of likely N-dealkylation sites (N-methyl/N-ethyl adjacent to an activating group) is 1. The molecular formula is C19H29N3O3S. The zero-order chi connectivity index (χ0) is 18.6. The Hall–Kier alpha value is -1.44. The molecule has 6 nitrogen and oxygen atoms in total. The van der Waals surface area contributed by atoms with E-state index in [0.717, 1.165) is 25.9 Å². The van der Waals surface area contributed by atoms with E-state index in [4.69, 9.17) is 0 Å². The van der Waals surface area contributed by atoms with Crippen molar-refractivity contribution in [3.63, 3.8) is 0 Å². The first-order valence-corrected chi connectivity index (χ1v) is 11.0. The number of carbonyl (C=O) groups is 1. The van der Waals surface area contributed by atoms with Crippen LogP contribution in [0.15, 0.2) is 29.2 Å². The molecule has 0 bridgehead atoms. The van der Waals surface area contributed by atoms with Gasteiger partial charge in [-0.25, -0.2) is 8.42 Å². The number of piperazine rings is 1. The average Bonchev–Trinajstić information content (AvgIpc) is 2.63. The van der Waals surface area contributed by atoms with Crippen molar-refractivity contribution in [2.24, 2.45) is 5.92 Å². The van der Waals surface area contributed by atoms with Gasteiger partial charge < -0.3 is 10.2 Å². The van der Waals surface area contributed by atoms with Crippen LogP contribution in [-0.4, -0.2) is 56.8 Å². The minimum atomic E-state index is -3.52. The number of rotatable bonds is 5.